The molecule has 0 bridgehead atoms. The molecule has 0 spiro atoms. The summed E-state index contributed by atoms with van der Waals surface area (Å²) in [6.45, 7) is 12.6. The molecule has 0 N–H and O–H groups in total. The van der Waals surface area contributed by atoms with Crippen LogP contribution in [0.4, 0.5) is 4.79 Å². The minimum absolute atomic E-state index is 0.177. The number of hydrogen-bond donors (Lipinski definition) is 0. The molecular weight excluding hydrogens is 292 g/mol. The largest absolute Gasteiger partial charge is 0.444 e. The van der Waals surface area contributed by atoms with Gasteiger partial charge in [0.25, 0.3) is 0 Å². The SMILES string of the molecule is CSSC(C)CCN1CCN(C(=O)OC(C)(C)C)CC1. The van der Waals surface area contributed by atoms with Crippen LogP contribution in [0.15, 0.2) is 0 Å². The lowest BCUT2D eigenvalue weighted by Crippen LogP contribution is -2.50. The molecule has 1 atom stereocenters. The van der Waals surface area contributed by atoms with Gasteiger partial charge in [0, 0.05) is 31.4 Å². The van der Waals surface area contributed by atoms with E-state index in [2.05, 4.69) is 18.1 Å². The highest BCUT2D eigenvalue weighted by molar-refractivity contribution is 8.76. The zero-order valence-corrected chi connectivity index (χ0v) is 15.0. The van der Waals surface area contributed by atoms with E-state index in [9.17, 15) is 4.79 Å². The number of piperazine rings is 1. The van der Waals surface area contributed by atoms with Crippen LogP contribution in [0.25, 0.3) is 0 Å². The van der Waals surface area contributed by atoms with Crippen molar-refractivity contribution in [1.82, 2.24) is 9.80 Å². The molecule has 0 aromatic heterocycles. The highest BCUT2D eigenvalue weighted by Crippen LogP contribution is 2.25. The van der Waals surface area contributed by atoms with Gasteiger partial charge in [-0.2, -0.15) is 0 Å². The molecule has 20 heavy (non-hydrogen) atoms. The van der Waals surface area contributed by atoms with Gasteiger partial charge in [-0.15, -0.1) is 0 Å². The standard InChI is InChI=1S/C14H28N2O2S2/c1-12(20-19-5)6-7-15-8-10-16(11-9-15)13(17)18-14(2,3)4/h12H,6-11H2,1-5H3. The average molecular weight is 321 g/mol. The van der Waals surface area contributed by atoms with Gasteiger partial charge in [0.05, 0.1) is 0 Å². The molecule has 118 valence electrons. The number of nitrogens with zero attached hydrogens (tertiary/aromatic N) is 2. The highest BCUT2D eigenvalue weighted by atomic mass is 33.1. The molecule has 1 aliphatic heterocycles. The second-order valence-corrected chi connectivity index (χ2v) is 9.08. The van der Waals surface area contributed by atoms with Crippen LogP contribution in [-0.4, -0.2) is 65.7 Å². The first-order valence-corrected chi connectivity index (χ1v) is 9.83. The maximum atomic E-state index is 12.0. The van der Waals surface area contributed by atoms with Crippen LogP contribution in [0.2, 0.25) is 0 Å². The Kier molecular flexibility index (Phi) is 7.54. The van der Waals surface area contributed by atoms with E-state index in [-0.39, 0.29) is 6.09 Å². The van der Waals surface area contributed by atoms with Crippen molar-refractivity contribution in [1.29, 1.82) is 0 Å². The summed E-state index contributed by atoms with van der Waals surface area (Å²) in [7, 11) is 3.77. The van der Waals surface area contributed by atoms with E-state index >= 15 is 0 Å². The van der Waals surface area contributed by atoms with Gasteiger partial charge in [-0.3, -0.25) is 4.90 Å². The maximum absolute atomic E-state index is 12.0. The predicted molar refractivity (Wildman–Crippen MR) is 89.4 cm³/mol. The number of carbonyl (C=O) groups excluding carboxylic acids is 1. The zero-order chi connectivity index (χ0) is 15.2. The van der Waals surface area contributed by atoms with Crippen molar-refractivity contribution in [3.63, 3.8) is 0 Å². The molecule has 0 saturated carbocycles. The first kappa shape index (κ1) is 18.0. The molecule has 0 aromatic rings. The number of hydrogen-bond acceptors (Lipinski definition) is 5. The zero-order valence-electron chi connectivity index (χ0n) is 13.3. The number of rotatable bonds is 5. The van der Waals surface area contributed by atoms with E-state index in [0.29, 0.717) is 5.25 Å². The normalized spacial score (nSPS) is 18.9. The van der Waals surface area contributed by atoms with Crippen molar-refractivity contribution < 1.29 is 9.53 Å². The van der Waals surface area contributed by atoms with E-state index in [1.54, 1.807) is 0 Å². The molecule has 1 aliphatic rings. The summed E-state index contributed by atoms with van der Waals surface area (Å²) in [5, 5.41) is 0.689. The second kappa shape index (κ2) is 8.39. The molecule has 1 rings (SSSR count). The van der Waals surface area contributed by atoms with Crippen molar-refractivity contribution in [2.24, 2.45) is 0 Å². The number of carbonyl (C=O) groups is 1. The van der Waals surface area contributed by atoms with Gasteiger partial charge in [-0.05, 0) is 40.0 Å². The fourth-order valence-electron chi connectivity index (χ4n) is 2.06. The topological polar surface area (TPSA) is 32.8 Å². The summed E-state index contributed by atoms with van der Waals surface area (Å²) in [5.41, 5.74) is -0.404. The fraction of sp³-hybridized carbons (Fsp3) is 0.929. The quantitative estimate of drug-likeness (QED) is 0.726. The van der Waals surface area contributed by atoms with Crippen molar-refractivity contribution >= 4 is 27.7 Å². The Morgan fingerprint density at radius 2 is 1.85 bits per heavy atom. The minimum Gasteiger partial charge on any atom is -0.444 e. The van der Waals surface area contributed by atoms with E-state index in [1.807, 2.05) is 47.3 Å². The molecule has 1 unspecified atom stereocenters. The number of amides is 1. The lowest BCUT2D eigenvalue weighted by atomic mass is 10.2. The summed E-state index contributed by atoms with van der Waals surface area (Å²) < 4.78 is 5.40. The first-order valence-electron chi connectivity index (χ1n) is 7.21. The molecule has 0 radical (unpaired) electrons. The molecule has 0 aromatic carbocycles. The van der Waals surface area contributed by atoms with Crippen LogP contribution in [0, 0.1) is 0 Å². The Morgan fingerprint density at radius 3 is 2.35 bits per heavy atom. The molecule has 0 aliphatic carbocycles. The summed E-state index contributed by atoms with van der Waals surface area (Å²) in [6, 6.07) is 0. The third-order valence-electron chi connectivity index (χ3n) is 3.14. The van der Waals surface area contributed by atoms with Crippen LogP contribution in [0.1, 0.15) is 34.1 Å². The molecule has 1 amide bonds. The minimum atomic E-state index is -0.404. The van der Waals surface area contributed by atoms with Gasteiger partial charge in [0.15, 0.2) is 0 Å². The van der Waals surface area contributed by atoms with Gasteiger partial charge in [-0.25, -0.2) is 4.79 Å². The molecule has 1 fully saturated rings. The monoisotopic (exact) mass is 320 g/mol. The summed E-state index contributed by atoms with van der Waals surface area (Å²) in [4.78, 5) is 16.2. The average Bonchev–Trinajstić information content (AvgIpc) is 2.35. The van der Waals surface area contributed by atoms with Gasteiger partial charge in [0.1, 0.15) is 5.60 Å². The first-order chi connectivity index (χ1) is 9.31. The van der Waals surface area contributed by atoms with Gasteiger partial charge in [-0.1, -0.05) is 28.5 Å². The summed E-state index contributed by atoms with van der Waals surface area (Å²) >= 11 is 0. The molecule has 4 nitrogen and oxygen atoms in total. The van der Waals surface area contributed by atoms with Gasteiger partial charge < -0.3 is 9.64 Å². The Hall–Kier alpha value is -0.0700. The van der Waals surface area contributed by atoms with Crippen molar-refractivity contribution in [2.45, 2.75) is 45.0 Å². The van der Waals surface area contributed by atoms with Crippen LogP contribution >= 0.6 is 21.6 Å². The van der Waals surface area contributed by atoms with Crippen LogP contribution in [-0.2, 0) is 4.74 Å². The fourth-order valence-corrected chi connectivity index (χ4v) is 3.86. The van der Waals surface area contributed by atoms with Crippen molar-refractivity contribution in [2.75, 3.05) is 39.0 Å². The number of ether oxygens (including phenoxy) is 1. The van der Waals surface area contributed by atoms with E-state index in [4.69, 9.17) is 4.74 Å². The molecule has 6 heteroatoms. The van der Waals surface area contributed by atoms with Crippen LogP contribution in [0.5, 0.6) is 0 Å². The second-order valence-electron chi connectivity index (χ2n) is 6.17. The third-order valence-corrected chi connectivity index (χ3v) is 5.46. The van der Waals surface area contributed by atoms with E-state index in [1.165, 1.54) is 6.42 Å². The maximum Gasteiger partial charge on any atom is 0.410 e. The predicted octanol–water partition coefficient (Wildman–Crippen LogP) is 3.33. The third kappa shape index (κ3) is 7.09. The van der Waals surface area contributed by atoms with Crippen LogP contribution < -0.4 is 0 Å². The highest BCUT2D eigenvalue weighted by Gasteiger charge is 2.25. The molecular formula is C14H28N2O2S2. The van der Waals surface area contributed by atoms with Crippen molar-refractivity contribution in [3.05, 3.63) is 0 Å². The smallest absolute Gasteiger partial charge is 0.410 e. The Morgan fingerprint density at radius 1 is 1.25 bits per heavy atom. The van der Waals surface area contributed by atoms with E-state index < -0.39 is 5.60 Å². The Balaban J connectivity index is 2.24. The summed E-state index contributed by atoms with van der Waals surface area (Å²) in [6.07, 6.45) is 3.15. The van der Waals surface area contributed by atoms with E-state index in [0.717, 1.165) is 32.7 Å². The van der Waals surface area contributed by atoms with Crippen LogP contribution in [0.3, 0.4) is 0 Å². The van der Waals surface area contributed by atoms with Crippen molar-refractivity contribution in [3.8, 4) is 0 Å². The Labute approximate surface area is 131 Å². The van der Waals surface area contributed by atoms with Gasteiger partial charge >= 0.3 is 6.09 Å². The summed E-state index contributed by atoms with van der Waals surface area (Å²) in [5.74, 6) is 0. The van der Waals surface area contributed by atoms with Gasteiger partial charge in [0.2, 0.25) is 0 Å². The lowest BCUT2D eigenvalue weighted by molar-refractivity contribution is 0.0144. The molecule has 1 saturated heterocycles. The molecule has 1 heterocycles. The Bertz CT molecular complexity index is 300. The lowest BCUT2D eigenvalue weighted by Gasteiger charge is -2.35.